The summed E-state index contributed by atoms with van der Waals surface area (Å²) in [7, 11) is 0. The second-order valence-electron chi connectivity index (χ2n) is 3.27. The van der Waals surface area contributed by atoms with Crippen molar-refractivity contribution >= 4 is 49.2 Å². The minimum Gasteiger partial charge on any atom is -0.793 e. The smallest absolute Gasteiger partial charge is 0.793 e. The predicted octanol–water partition coefficient (Wildman–Crippen LogP) is 4.75. The Balaban J connectivity index is -0.0000000381. The minimum absolute atomic E-state index is 0. The molecule has 0 heterocycles. The van der Waals surface area contributed by atoms with Crippen molar-refractivity contribution in [3.63, 3.8) is 0 Å². The number of rotatable bonds is 4. The van der Waals surface area contributed by atoms with Crippen molar-refractivity contribution in [3.05, 3.63) is 12.8 Å². The Hall–Kier alpha value is 1.50. The average Bonchev–Trinajstić information content (AvgIpc) is 2.23. The molecule has 0 aliphatic heterocycles. The van der Waals surface area contributed by atoms with Crippen LogP contribution >= 0.6 is 0 Å². The molecule has 0 aromatic heterocycles. The molecule has 0 spiro atoms. The molecule has 0 N–H and O–H groups in total. The maximum atomic E-state index is 4.65. The standard InChI is InChI=1S/2C4H10S.2C3H7.Sn/c2*1-2-3-4-5;2*1-3-2;/h2*5H,2-4H2,1H3;2*3H,1-2H3;/q;;;;+2/p-2. The molecule has 0 rings (SSSR count). The monoisotopic (exact) mass is 384 g/mol. The van der Waals surface area contributed by atoms with Gasteiger partial charge in [-0.15, -0.1) is 0 Å². The molecule has 0 aliphatic rings. The van der Waals surface area contributed by atoms with E-state index in [0.717, 1.165) is 11.5 Å². The van der Waals surface area contributed by atoms with Gasteiger partial charge in [0.2, 0.25) is 0 Å². The van der Waals surface area contributed by atoms with Gasteiger partial charge in [0.15, 0.2) is 0 Å². The second kappa shape index (κ2) is 52.8. The summed E-state index contributed by atoms with van der Waals surface area (Å²) in [5.41, 5.74) is 0. The first-order valence-electron chi connectivity index (χ1n) is 6.30. The first-order valence-corrected chi connectivity index (χ1v) is 7.46. The Bertz CT molecular complexity index is 50.2. The molecule has 0 amide bonds. The van der Waals surface area contributed by atoms with E-state index in [-0.39, 0.29) is 23.9 Å². The zero-order chi connectivity index (χ0) is 13.7. The summed E-state index contributed by atoms with van der Waals surface area (Å²) in [6, 6.07) is 0. The molecule has 17 heavy (non-hydrogen) atoms. The summed E-state index contributed by atoms with van der Waals surface area (Å²) in [6.07, 6.45) is 8.89. The maximum absolute atomic E-state index is 4.65. The number of hydrogen-bond acceptors (Lipinski definition) is 2. The molecule has 3 heteroatoms. The zero-order valence-electron chi connectivity index (χ0n) is 12.7. The SMILES string of the molecule is CCCC[S-].CCCC[S-].C[CH]C.C[CH]C.[Sn+2]. The van der Waals surface area contributed by atoms with Gasteiger partial charge >= 0.3 is 23.9 Å². The van der Waals surface area contributed by atoms with Crippen molar-refractivity contribution in [2.75, 3.05) is 11.5 Å². The van der Waals surface area contributed by atoms with Crippen LogP contribution in [0, 0.1) is 12.8 Å². The molecule has 4 radical (unpaired) electrons. The van der Waals surface area contributed by atoms with Gasteiger partial charge in [-0.1, -0.05) is 67.2 Å². The van der Waals surface area contributed by atoms with Crippen LogP contribution in [0.15, 0.2) is 0 Å². The Labute approximate surface area is 140 Å². The fourth-order valence-corrected chi connectivity index (χ4v) is 0.866. The number of hydrogen-bond donors (Lipinski definition) is 0. The largest absolute Gasteiger partial charge is 2.00 e. The van der Waals surface area contributed by atoms with Crippen LogP contribution < -0.4 is 0 Å². The summed E-state index contributed by atoms with van der Waals surface area (Å²) in [4.78, 5) is 0. The van der Waals surface area contributed by atoms with Gasteiger partial charge in [-0.3, -0.25) is 0 Å². The van der Waals surface area contributed by atoms with Crippen molar-refractivity contribution in [3.8, 4) is 0 Å². The third-order valence-electron chi connectivity index (χ3n) is 0.996. The first kappa shape index (κ1) is 31.1. The molecule has 0 unspecified atom stereocenters. The van der Waals surface area contributed by atoms with E-state index in [0.29, 0.717) is 0 Å². The van der Waals surface area contributed by atoms with Gasteiger partial charge in [0.05, 0.1) is 0 Å². The van der Waals surface area contributed by atoms with Gasteiger partial charge in [0, 0.05) is 0 Å². The molecule has 0 fully saturated rings. The van der Waals surface area contributed by atoms with Crippen LogP contribution in [0.3, 0.4) is 0 Å². The van der Waals surface area contributed by atoms with Crippen LogP contribution in [0.5, 0.6) is 0 Å². The average molecular weight is 383 g/mol. The fraction of sp³-hybridized carbons (Fsp3) is 0.857. The van der Waals surface area contributed by atoms with Crippen LogP contribution in [0.2, 0.25) is 0 Å². The summed E-state index contributed by atoms with van der Waals surface area (Å²) in [6.45, 7) is 12.3. The molecule has 0 atom stereocenters. The number of unbranched alkanes of at least 4 members (excludes halogenated alkanes) is 2. The van der Waals surface area contributed by atoms with Gasteiger partial charge in [0.1, 0.15) is 0 Å². The van der Waals surface area contributed by atoms with E-state index >= 15 is 0 Å². The van der Waals surface area contributed by atoms with E-state index in [4.69, 9.17) is 0 Å². The van der Waals surface area contributed by atoms with Gasteiger partial charge in [0.25, 0.3) is 0 Å². The van der Waals surface area contributed by atoms with E-state index in [2.05, 4.69) is 39.1 Å². The zero-order valence-corrected chi connectivity index (χ0v) is 17.2. The fourth-order valence-electron chi connectivity index (χ4n) is 0.289. The second-order valence-corrected chi connectivity index (χ2v) is 4.09. The molecule has 0 saturated heterocycles. The third kappa shape index (κ3) is 139. The summed E-state index contributed by atoms with van der Waals surface area (Å²) >= 11 is 9.30. The van der Waals surface area contributed by atoms with Gasteiger partial charge in [-0.2, -0.15) is 11.5 Å². The van der Waals surface area contributed by atoms with E-state index in [1.54, 1.807) is 0 Å². The summed E-state index contributed by atoms with van der Waals surface area (Å²) in [5, 5.41) is 0. The van der Waals surface area contributed by atoms with Crippen molar-refractivity contribution in [2.45, 2.75) is 67.2 Å². The summed E-state index contributed by atoms with van der Waals surface area (Å²) < 4.78 is 0. The quantitative estimate of drug-likeness (QED) is 0.508. The topological polar surface area (TPSA) is 0 Å². The van der Waals surface area contributed by atoms with Crippen molar-refractivity contribution in [2.24, 2.45) is 0 Å². The molecule has 0 saturated carbocycles. The minimum atomic E-state index is 0. The Morgan fingerprint density at radius 2 is 0.882 bits per heavy atom. The Morgan fingerprint density at radius 1 is 0.706 bits per heavy atom. The normalized spacial score (nSPS) is 7.06. The van der Waals surface area contributed by atoms with Crippen LogP contribution in [0.4, 0.5) is 0 Å². The van der Waals surface area contributed by atoms with Crippen LogP contribution in [-0.4, -0.2) is 35.4 Å². The first-order chi connectivity index (χ1) is 7.66. The molecule has 104 valence electrons. The van der Waals surface area contributed by atoms with Crippen molar-refractivity contribution in [1.82, 2.24) is 0 Å². The van der Waals surface area contributed by atoms with E-state index in [9.17, 15) is 0 Å². The predicted molar refractivity (Wildman–Crippen MR) is 91.3 cm³/mol. The maximum Gasteiger partial charge on any atom is 2.00 e. The van der Waals surface area contributed by atoms with Gasteiger partial charge in [-0.25, -0.2) is 0 Å². The van der Waals surface area contributed by atoms with Gasteiger partial charge < -0.3 is 25.3 Å². The van der Waals surface area contributed by atoms with Crippen LogP contribution in [0.25, 0.3) is 0 Å². The molecule has 0 nitrogen and oxygen atoms in total. The van der Waals surface area contributed by atoms with Crippen LogP contribution in [-0.2, 0) is 25.3 Å². The molecular weight excluding hydrogens is 351 g/mol. The van der Waals surface area contributed by atoms with E-state index in [1.165, 1.54) is 25.7 Å². The third-order valence-corrected chi connectivity index (χ3v) is 1.57. The van der Waals surface area contributed by atoms with Crippen LogP contribution in [0.1, 0.15) is 67.2 Å². The van der Waals surface area contributed by atoms with E-state index in [1.807, 2.05) is 40.5 Å². The van der Waals surface area contributed by atoms with Crippen molar-refractivity contribution < 1.29 is 0 Å². The molecule has 0 aromatic rings. The molecule has 0 bridgehead atoms. The Kier molecular flexibility index (Phi) is 96.5. The summed E-state index contributed by atoms with van der Waals surface area (Å²) in [5.74, 6) is 1.85. The molecular formula is C14H32S2Sn. The Morgan fingerprint density at radius 3 is 0.882 bits per heavy atom. The molecule has 0 aliphatic carbocycles. The van der Waals surface area contributed by atoms with Gasteiger partial charge in [-0.05, 0) is 12.8 Å². The van der Waals surface area contributed by atoms with Crippen molar-refractivity contribution in [1.29, 1.82) is 0 Å². The molecule has 0 aromatic carbocycles. The van der Waals surface area contributed by atoms with E-state index < -0.39 is 0 Å².